The topological polar surface area (TPSA) is 29.1 Å². The van der Waals surface area contributed by atoms with Crippen LogP contribution in [0.5, 0.6) is 0 Å². The average Bonchev–Trinajstić information content (AvgIpc) is 2.01. The van der Waals surface area contributed by atoms with Crippen LogP contribution in [0, 0.1) is 5.92 Å². The van der Waals surface area contributed by atoms with Crippen LogP contribution in [0.3, 0.4) is 0 Å². The van der Waals surface area contributed by atoms with Crippen LogP contribution in [0.4, 0.5) is 0 Å². The molecule has 0 aliphatic carbocycles. The molecular formula is C9H19NOS. The zero-order valence-electron chi connectivity index (χ0n) is 8.17. The highest BCUT2D eigenvalue weighted by Gasteiger charge is 2.25. The molecule has 0 spiro atoms. The van der Waals surface area contributed by atoms with Crippen molar-refractivity contribution in [1.82, 2.24) is 5.32 Å². The smallest absolute Gasteiger partial charge is 0.0392 e. The summed E-state index contributed by atoms with van der Waals surface area (Å²) in [4.78, 5) is 0. The van der Waals surface area contributed by atoms with Gasteiger partial charge in [-0.25, -0.2) is 0 Å². The molecule has 1 saturated heterocycles. The number of nitrogens with one attached hydrogen (secondary N) is 1. The highest BCUT2D eigenvalue weighted by atomic mass is 32.2. The summed E-state index contributed by atoms with van der Waals surface area (Å²) in [5.41, 5.74) is 0. The Morgan fingerprint density at radius 3 is 2.75 bits per heavy atom. The lowest BCUT2D eigenvalue weighted by Crippen LogP contribution is -2.51. The van der Waals surface area contributed by atoms with Crippen LogP contribution in [0.25, 0.3) is 0 Å². The van der Waals surface area contributed by atoms with Crippen molar-refractivity contribution < 1.29 is 4.21 Å². The Bertz CT molecular complexity index is 172. The normalized spacial score (nSPS) is 39.4. The fraction of sp³-hybridized carbons (Fsp3) is 1.00. The van der Waals surface area contributed by atoms with Crippen LogP contribution in [-0.4, -0.2) is 27.8 Å². The minimum Gasteiger partial charge on any atom is -0.309 e. The van der Waals surface area contributed by atoms with Gasteiger partial charge in [-0.1, -0.05) is 20.3 Å². The lowest BCUT2D eigenvalue weighted by molar-refractivity contribution is 0.360. The highest BCUT2D eigenvalue weighted by Crippen LogP contribution is 2.13. The Balaban J connectivity index is 2.49. The average molecular weight is 189 g/mol. The van der Waals surface area contributed by atoms with Gasteiger partial charge in [0.2, 0.25) is 0 Å². The number of rotatable bonds is 2. The summed E-state index contributed by atoms with van der Waals surface area (Å²) in [7, 11) is -0.585. The van der Waals surface area contributed by atoms with E-state index in [2.05, 4.69) is 26.1 Å². The molecule has 1 aliphatic rings. The standard InChI is InChI=1S/C9H19NOS/c1-4-7(2)9-6-12(11)5-8(3)10-9/h7-10H,4-6H2,1-3H3. The molecule has 2 nitrogen and oxygen atoms in total. The van der Waals surface area contributed by atoms with Gasteiger partial charge < -0.3 is 5.32 Å². The second-order valence-corrected chi connectivity index (χ2v) is 5.38. The van der Waals surface area contributed by atoms with Crippen LogP contribution in [-0.2, 0) is 10.8 Å². The molecule has 0 aromatic rings. The monoisotopic (exact) mass is 189 g/mol. The van der Waals surface area contributed by atoms with E-state index in [1.807, 2.05) is 0 Å². The molecule has 0 amide bonds. The molecule has 1 aliphatic heterocycles. The van der Waals surface area contributed by atoms with Crippen LogP contribution >= 0.6 is 0 Å². The summed E-state index contributed by atoms with van der Waals surface area (Å²) in [5.74, 6) is 2.32. The molecule has 1 fully saturated rings. The van der Waals surface area contributed by atoms with E-state index in [9.17, 15) is 4.21 Å². The van der Waals surface area contributed by atoms with Crippen molar-refractivity contribution in [2.24, 2.45) is 5.92 Å². The molecule has 0 aromatic heterocycles. The van der Waals surface area contributed by atoms with Crippen molar-refractivity contribution in [3.63, 3.8) is 0 Å². The second-order valence-electron chi connectivity index (χ2n) is 3.83. The zero-order valence-corrected chi connectivity index (χ0v) is 8.99. The van der Waals surface area contributed by atoms with E-state index >= 15 is 0 Å². The summed E-state index contributed by atoms with van der Waals surface area (Å²) in [6.45, 7) is 6.54. The van der Waals surface area contributed by atoms with Gasteiger partial charge in [-0.3, -0.25) is 4.21 Å². The summed E-state index contributed by atoms with van der Waals surface area (Å²) >= 11 is 0. The third kappa shape index (κ3) is 2.56. The number of hydrogen-bond acceptors (Lipinski definition) is 2. The quantitative estimate of drug-likeness (QED) is 0.706. The third-order valence-electron chi connectivity index (χ3n) is 2.63. The van der Waals surface area contributed by atoms with Gasteiger partial charge in [0.1, 0.15) is 0 Å². The summed E-state index contributed by atoms with van der Waals surface area (Å²) < 4.78 is 11.4. The van der Waals surface area contributed by atoms with E-state index in [-0.39, 0.29) is 0 Å². The van der Waals surface area contributed by atoms with Crippen molar-refractivity contribution in [2.45, 2.75) is 39.3 Å². The number of hydrogen-bond donors (Lipinski definition) is 1. The van der Waals surface area contributed by atoms with Gasteiger partial charge in [-0.15, -0.1) is 0 Å². The maximum absolute atomic E-state index is 11.4. The van der Waals surface area contributed by atoms with Gasteiger partial charge in [-0.05, 0) is 12.8 Å². The van der Waals surface area contributed by atoms with Crippen molar-refractivity contribution in [2.75, 3.05) is 11.5 Å². The molecule has 0 saturated carbocycles. The second kappa shape index (κ2) is 4.38. The first-order chi connectivity index (χ1) is 5.63. The third-order valence-corrected chi connectivity index (χ3v) is 4.23. The van der Waals surface area contributed by atoms with E-state index in [4.69, 9.17) is 0 Å². The first-order valence-electron chi connectivity index (χ1n) is 4.74. The molecule has 72 valence electrons. The molecule has 1 rings (SSSR count). The maximum atomic E-state index is 11.4. The van der Waals surface area contributed by atoms with Gasteiger partial charge in [0.25, 0.3) is 0 Å². The van der Waals surface area contributed by atoms with Crippen LogP contribution in [0.2, 0.25) is 0 Å². The molecule has 1 heterocycles. The lowest BCUT2D eigenvalue weighted by Gasteiger charge is -2.32. The zero-order chi connectivity index (χ0) is 9.14. The van der Waals surface area contributed by atoms with Gasteiger partial charge in [0.15, 0.2) is 0 Å². The van der Waals surface area contributed by atoms with Crippen molar-refractivity contribution >= 4 is 10.8 Å². The molecule has 12 heavy (non-hydrogen) atoms. The van der Waals surface area contributed by atoms with Crippen molar-refractivity contribution in [3.8, 4) is 0 Å². The van der Waals surface area contributed by atoms with E-state index in [1.54, 1.807) is 0 Å². The first-order valence-corrected chi connectivity index (χ1v) is 6.23. The minimum atomic E-state index is -0.585. The van der Waals surface area contributed by atoms with Crippen molar-refractivity contribution in [1.29, 1.82) is 0 Å². The summed E-state index contributed by atoms with van der Waals surface area (Å²) in [6, 6.07) is 0.901. The Labute approximate surface area is 77.6 Å². The fourth-order valence-corrected chi connectivity index (χ4v) is 3.24. The highest BCUT2D eigenvalue weighted by molar-refractivity contribution is 7.85. The van der Waals surface area contributed by atoms with E-state index in [1.165, 1.54) is 6.42 Å². The first kappa shape index (κ1) is 10.2. The molecule has 0 bridgehead atoms. The van der Waals surface area contributed by atoms with E-state index < -0.39 is 10.8 Å². The Morgan fingerprint density at radius 2 is 2.25 bits per heavy atom. The Hall–Kier alpha value is 0.110. The maximum Gasteiger partial charge on any atom is 0.0392 e. The molecular weight excluding hydrogens is 170 g/mol. The van der Waals surface area contributed by atoms with Gasteiger partial charge in [0, 0.05) is 34.4 Å². The predicted octanol–water partition coefficient (Wildman–Crippen LogP) is 1.14. The van der Waals surface area contributed by atoms with Crippen LogP contribution in [0.1, 0.15) is 27.2 Å². The minimum absolute atomic E-state index is 0.429. The molecule has 0 radical (unpaired) electrons. The van der Waals surface area contributed by atoms with E-state index in [0.717, 1.165) is 11.5 Å². The molecule has 1 N–H and O–H groups in total. The van der Waals surface area contributed by atoms with Gasteiger partial charge >= 0.3 is 0 Å². The molecule has 0 aromatic carbocycles. The molecule has 3 heteroatoms. The Kier molecular flexibility index (Phi) is 3.72. The predicted molar refractivity (Wildman–Crippen MR) is 53.7 cm³/mol. The lowest BCUT2D eigenvalue weighted by atomic mass is 10.00. The fourth-order valence-electron chi connectivity index (χ4n) is 1.62. The molecule has 4 unspecified atom stereocenters. The summed E-state index contributed by atoms with van der Waals surface area (Å²) in [5, 5.41) is 3.50. The van der Waals surface area contributed by atoms with Crippen LogP contribution in [0.15, 0.2) is 0 Å². The SMILES string of the molecule is CCC(C)C1CS(=O)CC(C)N1. The molecule has 4 atom stereocenters. The van der Waals surface area contributed by atoms with E-state index in [0.29, 0.717) is 18.0 Å². The summed E-state index contributed by atoms with van der Waals surface area (Å²) in [6.07, 6.45) is 1.17. The largest absolute Gasteiger partial charge is 0.309 e. The Morgan fingerprint density at radius 1 is 1.58 bits per heavy atom. The van der Waals surface area contributed by atoms with Crippen LogP contribution < -0.4 is 5.32 Å². The van der Waals surface area contributed by atoms with Gasteiger partial charge in [-0.2, -0.15) is 0 Å². The van der Waals surface area contributed by atoms with Gasteiger partial charge in [0.05, 0.1) is 0 Å². The van der Waals surface area contributed by atoms with Crippen molar-refractivity contribution in [3.05, 3.63) is 0 Å².